The zero-order chi connectivity index (χ0) is 14.2. The summed E-state index contributed by atoms with van der Waals surface area (Å²) in [5, 5.41) is 0. The minimum Gasteiger partial charge on any atom is -0.271 e. The summed E-state index contributed by atoms with van der Waals surface area (Å²) in [5.74, 6) is 6.76. The molecule has 0 saturated carbocycles. The van der Waals surface area contributed by atoms with E-state index in [1.807, 2.05) is 11.8 Å². The lowest BCUT2D eigenvalue weighted by molar-refractivity contribution is 0.567. The number of hydrogen-bond acceptors (Lipinski definition) is 3. The lowest BCUT2D eigenvalue weighted by Crippen LogP contribution is -2.38. The van der Waals surface area contributed by atoms with Gasteiger partial charge in [0.25, 0.3) is 0 Å². The number of nitrogens with two attached hydrogens (primary N) is 1. The van der Waals surface area contributed by atoms with Crippen LogP contribution in [0.3, 0.4) is 0 Å². The number of nitrogens with one attached hydrogen (secondary N) is 1. The average molecular weight is 355 g/mol. The molecule has 0 radical (unpaired) electrons. The van der Waals surface area contributed by atoms with Gasteiger partial charge >= 0.3 is 0 Å². The summed E-state index contributed by atoms with van der Waals surface area (Å²) in [5.41, 5.74) is 4.50. The minimum absolute atomic E-state index is 0.289. The fourth-order valence-electron chi connectivity index (χ4n) is 2.53. The molecule has 110 valence electrons. The molecule has 20 heavy (non-hydrogen) atoms. The van der Waals surface area contributed by atoms with E-state index in [2.05, 4.69) is 51.7 Å². The lowest BCUT2D eigenvalue weighted by atomic mass is 9.96. The van der Waals surface area contributed by atoms with Crippen LogP contribution in [0.4, 0.5) is 0 Å². The second kappa shape index (κ2) is 8.88. The van der Waals surface area contributed by atoms with Gasteiger partial charge in [-0.15, -0.1) is 11.8 Å². The summed E-state index contributed by atoms with van der Waals surface area (Å²) < 4.78 is 1.13. The highest BCUT2D eigenvalue weighted by Gasteiger charge is 2.14. The van der Waals surface area contributed by atoms with Crippen LogP contribution in [-0.4, -0.2) is 11.8 Å². The molecule has 1 aliphatic rings. The first kappa shape index (κ1) is 16.1. The number of thioether (sulfide) groups is 1. The number of halogens is 1. The maximum atomic E-state index is 5.77. The van der Waals surface area contributed by atoms with E-state index in [-0.39, 0.29) is 6.04 Å². The zero-order valence-corrected chi connectivity index (χ0v) is 14.2. The minimum atomic E-state index is 0.289. The van der Waals surface area contributed by atoms with Crippen LogP contribution in [0.25, 0.3) is 0 Å². The molecule has 4 heteroatoms. The predicted octanol–water partition coefficient (Wildman–Crippen LogP) is 4.65. The van der Waals surface area contributed by atoms with E-state index >= 15 is 0 Å². The van der Waals surface area contributed by atoms with Crippen molar-refractivity contribution in [3.8, 4) is 0 Å². The molecular weight excluding hydrogens is 332 g/mol. The van der Waals surface area contributed by atoms with E-state index in [9.17, 15) is 0 Å². The highest BCUT2D eigenvalue weighted by Crippen LogP contribution is 2.26. The Hall–Kier alpha value is -0.290. The summed E-state index contributed by atoms with van der Waals surface area (Å²) in [6, 6.07) is 8.73. The number of allylic oxidation sites excluding steroid dienone is 1. The first-order valence-electron chi connectivity index (χ1n) is 7.33. The molecule has 2 nitrogen and oxygen atoms in total. The van der Waals surface area contributed by atoms with Crippen LogP contribution < -0.4 is 11.3 Å². The molecule has 1 aromatic carbocycles. The Kier molecular flexibility index (Phi) is 7.14. The second-order valence-corrected chi connectivity index (χ2v) is 7.23. The molecule has 1 aliphatic carbocycles. The largest absolute Gasteiger partial charge is 0.271 e. The van der Waals surface area contributed by atoms with Gasteiger partial charge in [0.1, 0.15) is 0 Å². The van der Waals surface area contributed by atoms with E-state index in [1.165, 1.54) is 49.0 Å². The SMILES string of the molecule is NNC(CSc1cccc(Br)c1)/C1=C/CCCCCC1. The topological polar surface area (TPSA) is 38.0 Å². The maximum Gasteiger partial charge on any atom is 0.0513 e. The molecule has 0 aliphatic heterocycles. The van der Waals surface area contributed by atoms with Gasteiger partial charge < -0.3 is 0 Å². The smallest absolute Gasteiger partial charge is 0.0513 e. The van der Waals surface area contributed by atoms with Crippen molar-refractivity contribution in [2.24, 2.45) is 5.84 Å². The highest BCUT2D eigenvalue weighted by atomic mass is 79.9. The summed E-state index contributed by atoms with van der Waals surface area (Å²) in [4.78, 5) is 1.28. The molecule has 0 bridgehead atoms. The van der Waals surface area contributed by atoms with Crippen molar-refractivity contribution < 1.29 is 0 Å². The summed E-state index contributed by atoms with van der Waals surface area (Å²) in [6.07, 6.45) is 10.1. The van der Waals surface area contributed by atoms with Gasteiger partial charge in [0.15, 0.2) is 0 Å². The molecule has 0 fully saturated rings. The summed E-state index contributed by atoms with van der Waals surface area (Å²) in [7, 11) is 0. The zero-order valence-electron chi connectivity index (χ0n) is 11.8. The van der Waals surface area contributed by atoms with Gasteiger partial charge in [-0.05, 0) is 43.9 Å². The molecular formula is C16H23BrN2S. The molecule has 0 aromatic heterocycles. The van der Waals surface area contributed by atoms with Crippen LogP contribution in [0, 0.1) is 0 Å². The van der Waals surface area contributed by atoms with Crippen molar-refractivity contribution in [1.82, 2.24) is 5.43 Å². The first-order chi connectivity index (χ1) is 9.79. The van der Waals surface area contributed by atoms with Gasteiger partial charge in [-0.1, -0.05) is 46.5 Å². The van der Waals surface area contributed by atoms with Crippen LogP contribution >= 0.6 is 27.7 Å². The van der Waals surface area contributed by atoms with Crippen molar-refractivity contribution in [2.75, 3.05) is 5.75 Å². The van der Waals surface area contributed by atoms with Crippen molar-refractivity contribution in [3.63, 3.8) is 0 Å². The van der Waals surface area contributed by atoms with Gasteiger partial charge in [0.05, 0.1) is 6.04 Å². The molecule has 3 N–H and O–H groups in total. The van der Waals surface area contributed by atoms with Crippen molar-refractivity contribution in [3.05, 3.63) is 40.4 Å². The van der Waals surface area contributed by atoms with Crippen molar-refractivity contribution in [1.29, 1.82) is 0 Å². The fraction of sp³-hybridized carbons (Fsp3) is 0.500. The molecule has 0 spiro atoms. The Morgan fingerprint density at radius 2 is 2.10 bits per heavy atom. The third-order valence-corrected chi connectivity index (χ3v) is 5.27. The van der Waals surface area contributed by atoms with Crippen LogP contribution in [-0.2, 0) is 0 Å². The number of hydrogen-bond donors (Lipinski definition) is 2. The Morgan fingerprint density at radius 3 is 2.90 bits per heavy atom. The predicted molar refractivity (Wildman–Crippen MR) is 91.8 cm³/mol. The first-order valence-corrected chi connectivity index (χ1v) is 9.11. The maximum absolute atomic E-state index is 5.77. The van der Waals surface area contributed by atoms with E-state index < -0.39 is 0 Å². The molecule has 1 aromatic rings. The Labute approximate surface area is 134 Å². The lowest BCUT2D eigenvalue weighted by Gasteiger charge is -2.21. The monoisotopic (exact) mass is 354 g/mol. The highest BCUT2D eigenvalue weighted by molar-refractivity contribution is 9.10. The molecule has 2 rings (SSSR count). The second-order valence-electron chi connectivity index (χ2n) is 5.22. The molecule has 0 heterocycles. The van der Waals surface area contributed by atoms with E-state index in [1.54, 1.807) is 0 Å². The third-order valence-electron chi connectivity index (χ3n) is 3.69. The number of rotatable bonds is 5. The van der Waals surface area contributed by atoms with Gasteiger partial charge in [0, 0.05) is 15.1 Å². The van der Waals surface area contributed by atoms with Crippen LogP contribution in [0.2, 0.25) is 0 Å². The van der Waals surface area contributed by atoms with Crippen molar-refractivity contribution in [2.45, 2.75) is 49.5 Å². The van der Waals surface area contributed by atoms with Gasteiger partial charge in [-0.3, -0.25) is 11.3 Å². The van der Waals surface area contributed by atoms with Crippen LogP contribution in [0.1, 0.15) is 38.5 Å². The molecule has 1 unspecified atom stereocenters. The third kappa shape index (κ3) is 5.24. The summed E-state index contributed by atoms with van der Waals surface area (Å²) in [6.45, 7) is 0. The Balaban J connectivity index is 1.94. The number of benzene rings is 1. The van der Waals surface area contributed by atoms with Crippen LogP contribution in [0.5, 0.6) is 0 Å². The van der Waals surface area contributed by atoms with Crippen molar-refractivity contribution >= 4 is 27.7 Å². The Morgan fingerprint density at radius 1 is 1.25 bits per heavy atom. The van der Waals surface area contributed by atoms with Gasteiger partial charge in [-0.2, -0.15) is 0 Å². The number of hydrazine groups is 1. The molecule has 1 atom stereocenters. The Bertz CT molecular complexity index is 448. The standard InChI is InChI=1S/C16H23BrN2S/c17-14-9-6-10-15(11-14)20-12-16(19-18)13-7-4-2-1-3-5-8-13/h6-7,9-11,16,19H,1-5,8,12,18H2/b13-7+. The quantitative estimate of drug-likeness (QED) is 0.349. The van der Waals surface area contributed by atoms with E-state index in [4.69, 9.17) is 5.84 Å². The van der Waals surface area contributed by atoms with Gasteiger partial charge in [-0.25, -0.2) is 0 Å². The average Bonchev–Trinajstić information content (AvgIpc) is 2.41. The van der Waals surface area contributed by atoms with Crippen LogP contribution in [0.15, 0.2) is 45.3 Å². The normalized spacial score (nSPS) is 20.6. The van der Waals surface area contributed by atoms with E-state index in [0.717, 1.165) is 10.2 Å². The summed E-state index contributed by atoms with van der Waals surface area (Å²) >= 11 is 5.38. The van der Waals surface area contributed by atoms with E-state index in [0.29, 0.717) is 0 Å². The fourth-order valence-corrected chi connectivity index (χ4v) is 4.14. The molecule has 0 amide bonds. The van der Waals surface area contributed by atoms with Gasteiger partial charge in [0.2, 0.25) is 0 Å². The molecule has 0 saturated heterocycles.